The minimum Gasteiger partial charge on any atom is -1.00 e. The van der Waals surface area contributed by atoms with Gasteiger partial charge in [0.2, 0.25) is 0 Å². The molecule has 0 unspecified atom stereocenters. The van der Waals surface area contributed by atoms with Crippen molar-refractivity contribution in [3.05, 3.63) is 5.92 Å². The van der Waals surface area contributed by atoms with Crippen LogP contribution in [-0.2, 0) is 0 Å². The Morgan fingerprint density at radius 1 is 1.22 bits per heavy atom. The summed E-state index contributed by atoms with van der Waals surface area (Å²) in [4.78, 5) is 0. The maximum Gasteiger partial charge on any atom is 2.00 e. The van der Waals surface area contributed by atoms with E-state index in [1.54, 1.807) is 0 Å². The van der Waals surface area contributed by atoms with Gasteiger partial charge in [0, 0.05) is 0 Å². The van der Waals surface area contributed by atoms with Gasteiger partial charge in [0.05, 0.1) is 0 Å². The van der Waals surface area contributed by atoms with E-state index in [9.17, 15) is 0 Å². The van der Waals surface area contributed by atoms with E-state index < -0.39 is 0 Å². The summed E-state index contributed by atoms with van der Waals surface area (Å²) in [6.07, 6.45) is 1.28. The van der Waals surface area contributed by atoms with Gasteiger partial charge in [-0.2, -0.15) is 20.3 Å². The SMILES string of the molecule is C[C-](C)CC(C)C.[I-].[Mg+2]. The molecule has 0 rings (SSSR count). The summed E-state index contributed by atoms with van der Waals surface area (Å²) in [6, 6.07) is 0. The van der Waals surface area contributed by atoms with Crippen LogP contribution in [0.5, 0.6) is 0 Å². The summed E-state index contributed by atoms with van der Waals surface area (Å²) in [5.41, 5.74) is 0. The predicted octanol–water partition coefficient (Wildman–Crippen LogP) is -0.730. The third-order valence-electron chi connectivity index (χ3n) is 0.816. The van der Waals surface area contributed by atoms with E-state index in [4.69, 9.17) is 0 Å². The van der Waals surface area contributed by atoms with Gasteiger partial charge in [0.25, 0.3) is 0 Å². The maximum atomic E-state index is 2.24. The van der Waals surface area contributed by atoms with Gasteiger partial charge in [-0.05, 0) is 0 Å². The molecule has 0 aliphatic carbocycles. The molecule has 0 saturated heterocycles. The van der Waals surface area contributed by atoms with Crippen molar-refractivity contribution in [1.82, 2.24) is 0 Å². The Hall–Kier alpha value is 1.50. The number of hydrogen-bond donors (Lipinski definition) is 0. The van der Waals surface area contributed by atoms with Crippen molar-refractivity contribution in [3.8, 4) is 0 Å². The molecule has 0 bridgehead atoms. The van der Waals surface area contributed by atoms with Crippen LogP contribution in [0.15, 0.2) is 0 Å². The van der Waals surface area contributed by atoms with Crippen molar-refractivity contribution >= 4 is 23.1 Å². The van der Waals surface area contributed by atoms with Crippen LogP contribution in [0.1, 0.15) is 34.1 Å². The molecular formula is C7H15IMg. The molecule has 0 atom stereocenters. The van der Waals surface area contributed by atoms with Gasteiger partial charge in [-0.25, -0.2) is 0 Å². The van der Waals surface area contributed by atoms with Crippen molar-refractivity contribution in [2.24, 2.45) is 5.92 Å². The Morgan fingerprint density at radius 3 is 1.56 bits per heavy atom. The van der Waals surface area contributed by atoms with E-state index in [0.717, 1.165) is 5.92 Å². The zero-order chi connectivity index (χ0) is 5.86. The first-order valence-electron chi connectivity index (χ1n) is 2.92. The maximum absolute atomic E-state index is 2.24. The molecule has 0 aliphatic rings. The molecular weight excluding hydrogens is 235 g/mol. The molecule has 0 aromatic heterocycles. The van der Waals surface area contributed by atoms with Gasteiger partial charge in [-0.3, -0.25) is 0 Å². The second-order valence-corrected chi connectivity index (χ2v) is 2.81. The average molecular weight is 250 g/mol. The van der Waals surface area contributed by atoms with Crippen LogP contribution in [0.2, 0.25) is 0 Å². The van der Waals surface area contributed by atoms with E-state index in [2.05, 4.69) is 27.7 Å². The van der Waals surface area contributed by atoms with Gasteiger partial charge in [0.15, 0.2) is 0 Å². The van der Waals surface area contributed by atoms with Gasteiger partial charge in [-0.15, -0.1) is 0 Å². The van der Waals surface area contributed by atoms with Crippen molar-refractivity contribution in [1.29, 1.82) is 0 Å². The first-order chi connectivity index (χ1) is 3.13. The molecule has 9 heavy (non-hydrogen) atoms. The molecule has 0 spiro atoms. The van der Waals surface area contributed by atoms with Gasteiger partial charge in [0.1, 0.15) is 0 Å². The normalized spacial score (nSPS) is 8.67. The summed E-state index contributed by atoms with van der Waals surface area (Å²) in [5.74, 6) is 2.38. The minimum absolute atomic E-state index is 0. The Labute approximate surface area is 92.3 Å². The van der Waals surface area contributed by atoms with Crippen molar-refractivity contribution < 1.29 is 24.0 Å². The quantitative estimate of drug-likeness (QED) is 0.344. The molecule has 0 aliphatic heterocycles. The first-order valence-corrected chi connectivity index (χ1v) is 2.92. The Balaban J connectivity index is -0.000000180. The molecule has 0 fully saturated rings. The smallest absolute Gasteiger partial charge is 1.00 e. The molecule has 0 aromatic rings. The fraction of sp³-hybridized carbons (Fsp3) is 0.857. The third kappa shape index (κ3) is 17.7. The minimum atomic E-state index is 0. The summed E-state index contributed by atoms with van der Waals surface area (Å²) in [5, 5.41) is 0. The largest absolute Gasteiger partial charge is 2.00 e. The molecule has 0 nitrogen and oxygen atoms in total. The fourth-order valence-electron chi connectivity index (χ4n) is 0.816. The van der Waals surface area contributed by atoms with Crippen LogP contribution in [0.25, 0.3) is 0 Å². The van der Waals surface area contributed by atoms with Crippen molar-refractivity contribution in [2.75, 3.05) is 0 Å². The van der Waals surface area contributed by atoms with Gasteiger partial charge < -0.3 is 29.9 Å². The Morgan fingerprint density at radius 2 is 1.56 bits per heavy atom. The molecule has 0 radical (unpaired) electrons. The Bertz CT molecular complexity index is 38.2. The van der Waals surface area contributed by atoms with Crippen molar-refractivity contribution in [3.63, 3.8) is 0 Å². The van der Waals surface area contributed by atoms with Crippen molar-refractivity contribution in [2.45, 2.75) is 34.1 Å². The monoisotopic (exact) mass is 250 g/mol. The number of hydrogen-bond acceptors (Lipinski definition) is 0. The molecule has 0 heterocycles. The van der Waals surface area contributed by atoms with E-state index in [0.29, 0.717) is 0 Å². The molecule has 0 N–H and O–H groups in total. The van der Waals surface area contributed by atoms with Crippen LogP contribution in [0.3, 0.4) is 0 Å². The van der Waals surface area contributed by atoms with Crippen LogP contribution >= 0.6 is 0 Å². The van der Waals surface area contributed by atoms with Crippen LogP contribution < -0.4 is 24.0 Å². The molecule has 0 saturated carbocycles. The van der Waals surface area contributed by atoms with Crippen LogP contribution in [0, 0.1) is 11.8 Å². The number of rotatable bonds is 2. The van der Waals surface area contributed by atoms with Crippen LogP contribution in [0.4, 0.5) is 0 Å². The fourth-order valence-corrected chi connectivity index (χ4v) is 0.816. The summed E-state index contributed by atoms with van der Waals surface area (Å²) < 4.78 is 0. The van der Waals surface area contributed by atoms with Gasteiger partial charge >= 0.3 is 23.1 Å². The average Bonchev–Trinajstić information content (AvgIpc) is 1.27. The first kappa shape index (κ1) is 16.8. The summed E-state index contributed by atoms with van der Waals surface area (Å²) in [7, 11) is 0. The zero-order valence-corrected chi connectivity index (χ0v) is 10.4. The predicted molar refractivity (Wildman–Crippen MR) is 39.8 cm³/mol. The second kappa shape index (κ2) is 9.50. The molecule has 0 amide bonds. The Kier molecular flexibility index (Phi) is 17.8. The second-order valence-electron chi connectivity index (χ2n) is 2.81. The number of halogens is 1. The van der Waals surface area contributed by atoms with Gasteiger partial charge in [-0.1, -0.05) is 19.8 Å². The van der Waals surface area contributed by atoms with E-state index in [-0.39, 0.29) is 47.0 Å². The van der Waals surface area contributed by atoms with E-state index >= 15 is 0 Å². The topological polar surface area (TPSA) is 0 Å². The zero-order valence-electron chi connectivity index (χ0n) is 6.87. The third-order valence-corrected chi connectivity index (χ3v) is 0.816. The summed E-state index contributed by atoms with van der Waals surface area (Å²) in [6.45, 7) is 8.85. The molecule has 2 heteroatoms. The van der Waals surface area contributed by atoms with Crippen LogP contribution in [-0.4, -0.2) is 23.1 Å². The van der Waals surface area contributed by atoms with E-state index in [1.165, 1.54) is 12.3 Å². The summed E-state index contributed by atoms with van der Waals surface area (Å²) >= 11 is 0. The molecule has 0 aromatic carbocycles. The van der Waals surface area contributed by atoms with E-state index in [1.807, 2.05) is 0 Å². The standard InChI is InChI=1S/C7H15.HI.Mg/c1-6(2)5-7(3)4;;/h6H,5H2,1-4H3;1H;/q-1;;+2/p-1. The molecule has 52 valence electrons.